The number of hydrogen-bond donors (Lipinski definition) is 0. The van der Waals surface area contributed by atoms with Crippen LogP contribution >= 0.6 is 11.6 Å². The van der Waals surface area contributed by atoms with Gasteiger partial charge in [0.1, 0.15) is 0 Å². The number of ether oxygens (including phenoxy) is 1. The predicted octanol–water partition coefficient (Wildman–Crippen LogP) is 3.99. The number of likely N-dealkylation sites (tertiary alicyclic amines) is 1. The number of carbonyl (C=O) groups excluding carboxylic acids is 1. The molecule has 3 fully saturated rings. The van der Waals surface area contributed by atoms with Crippen molar-refractivity contribution in [1.82, 2.24) is 19.6 Å². The molecule has 5 rings (SSSR count). The van der Waals surface area contributed by atoms with Crippen LogP contribution in [0, 0.1) is 5.92 Å². The molecule has 2 atom stereocenters. The van der Waals surface area contributed by atoms with Crippen LogP contribution in [0.5, 0.6) is 0 Å². The fourth-order valence-corrected chi connectivity index (χ4v) is 6.35. The molecule has 1 amide bonds. The second-order valence-electron chi connectivity index (χ2n) is 10.8. The first kappa shape index (κ1) is 26.6. The summed E-state index contributed by atoms with van der Waals surface area (Å²) < 4.78 is 5.63. The molecule has 0 aromatic heterocycles. The molecule has 3 heterocycles. The Morgan fingerprint density at radius 1 is 0.811 bits per heavy atom. The maximum Gasteiger partial charge on any atom is 0.222 e. The molecule has 3 aliphatic heterocycles. The number of rotatable bonds is 8. The molecule has 3 aliphatic rings. The van der Waals surface area contributed by atoms with Crippen LogP contribution in [0.2, 0.25) is 5.02 Å². The Balaban J connectivity index is 1.14. The highest BCUT2D eigenvalue weighted by atomic mass is 35.5. The second-order valence-corrected chi connectivity index (χ2v) is 11.2. The van der Waals surface area contributed by atoms with Crippen molar-refractivity contribution < 1.29 is 9.53 Å². The Hall–Kier alpha value is -1.96. The highest BCUT2D eigenvalue weighted by Crippen LogP contribution is 2.28. The van der Waals surface area contributed by atoms with E-state index in [0.29, 0.717) is 24.3 Å². The maximum atomic E-state index is 13.2. The van der Waals surface area contributed by atoms with E-state index in [0.717, 1.165) is 96.5 Å². The van der Waals surface area contributed by atoms with Crippen LogP contribution in [0.15, 0.2) is 54.6 Å². The van der Waals surface area contributed by atoms with Crippen molar-refractivity contribution in [2.75, 3.05) is 65.6 Å². The van der Waals surface area contributed by atoms with Gasteiger partial charge in [-0.3, -0.25) is 19.5 Å². The summed E-state index contributed by atoms with van der Waals surface area (Å²) in [4.78, 5) is 23.0. The third-order valence-corrected chi connectivity index (χ3v) is 8.57. The Morgan fingerprint density at radius 3 is 2.22 bits per heavy atom. The van der Waals surface area contributed by atoms with Gasteiger partial charge in [0.2, 0.25) is 5.91 Å². The predicted molar refractivity (Wildman–Crippen MR) is 149 cm³/mol. The Bertz CT molecular complexity index is 975. The van der Waals surface area contributed by atoms with Gasteiger partial charge in [0.15, 0.2) is 0 Å². The molecule has 0 aliphatic carbocycles. The van der Waals surface area contributed by atoms with E-state index in [-0.39, 0.29) is 0 Å². The van der Waals surface area contributed by atoms with Gasteiger partial charge in [0.05, 0.1) is 13.2 Å². The number of piperazine rings is 1. The van der Waals surface area contributed by atoms with Gasteiger partial charge >= 0.3 is 0 Å². The van der Waals surface area contributed by atoms with Gasteiger partial charge in [-0.2, -0.15) is 0 Å². The van der Waals surface area contributed by atoms with Gasteiger partial charge in [-0.05, 0) is 48.6 Å². The quantitative estimate of drug-likeness (QED) is 0.522. The third-order valence-electron chi connectivity index (χ3n) is 8.32. The highest BCUT2D eigenvalue weighted by Gasteiger charge is 2.34. The standard InChI is InChI=1S/C30H41ClN4O2/c31-28-9-6-26(7-10-28)23-33-13-12-29(34-18-20-37-21-19-34)27(24-33)8-11-30(36)35-16-14-32(15-17-35)22-25-4-2-1-3-5-25/h1-7,9-10,27,29H,8,11-24H2/t27-,29+/m1/s1. The van der Waals surface area contributed by atoms with E-state index in [1.165, 1.54) is 11.1 Å². The molecule has 0 saturated carbocycles. The van der Waals surface area contributed by atoms with Crippen molar-refractivity contribution in [2.24, 2.45) is 5.92 Å². The summed E-state index contributed by atoms with van der Waals surface area (Å²) in [5.74, 6) is 0.831. The minimum Gasteiger partial charge on any atom is -0.379 e. The number of carbonyl (C=O) groups is 1. The monoisotopic (exact) mass is 524 g/mol. The number of hydrogen-bond acceptors (Lipinski definition) is 5. The van der Waals surface area contributed by atoms with Gasteiger partial charge in [-0.1, -0.05) is 54.1 Å². The Kier molecular flexibility index (Phi) is 9.51. The highest BCUT2D eigenvalue weighted by molar-refractivity contribution is 6.30. The number of morpholine rings is 1. The molecule has 7 heteroatoms. The maximum absolute atomic E-state index is 13.2. The van der Waals surface area contributed by atoms with Crippen molar-refractivity contribution in [2.45, 2.75) is 38.4 Å². The fraction of sp³-hybridized carbons (Fsp3) is 0.567. The summed E-state index contributed by atoms with van der Waals surface area (Å²) in [6, 6.07) is 19.4. The van der Waals surface area contributed by atoms with Crippen molar-refractivity contribution >= 4 is 17.5 Å². The number of benzene rings is 2. The average Bonchev–Trinajstić information content (AvgIpc) is 2.94. The van der Waals surface area contributed by atoms with Gasteiger partial charge in [0.25, 0.3) is 0 Å². The summed E-state index contributed by atoms with van der Waals surface area (Å²) in [5.41, 5.74) is 2.65. The lowest BCUT2D eigenvalue weighted by Gasteiger charge is -2.45. The van der Waals surface area contributed by atoms with Gasteiger partial charge < -0.3 is 9.64 Å². The zero-order valence-electron chi connectivity index (χ0n) is 21.9. The number of nitrogens with zero attached hydrogens (tertiary/aromatic N) is 4. The summed E-state index contributed by atoms with van der Waals surface area (Å²) in [7, 11) is 0. The van der Waals surface area contributed by atoms with Crippen LogP contribution in [0.3, 0.4) is 0 Å². The lowest BCUT2D eigenvalue weighted by molar-refractivity contribution is -0.133. The van der Waals surface area contributed by atoms with Gasteiger partial charge in [-0.15, -0.1) is 0 Å². The topological polar surface area (TPSA) is 39.3 Å². The van der Waals surface area contributed by atoms with Gasteiger partial charge in [0, 0.05) is 76.4 Å². The van der Waals surface area contributed by atoms with Crippen molar-refractivity contribution in [1.29, 1.82) is 0 Å². The first-order valence-electron chi connectivity index (χ1n) is 14.0. The van der Waals surface area contributed by atoms with E-state index < -0.39 is 0 Å². The van der Waals surface area contributed by atoms with Crippen LogP contribution in [0.1, 0.15) is 30.4 Å². The minimum atomic E-state index is 0.329. The summed E-state index contributed by atoms with van der Waals surface area (Å²) in [6.07, 6.45) is 2.77. The van der Waals surface area contributed by atoms with Crippen LogP contribution in [0.4, 0.5) is 0 Å². The van der Waals surface area contributed by atoms with E-state index in [4.69, 9.17) is 16.3 Å². The zero-order chi connectivity index (χ0) is 25.5. The molecule has 0 radical (unpaired) electrons. The van der Waals surface area contributed by atoms with E-state index in [1.807, 2.05) is 12.1 Å². The van der Waals surface area contributed by atoms with Crippen LogP contribution in [-0.2, 0) is 22.6 Å². The normalized spacial score (nSPS) is 24.3. The molecular weight excluding hydrogens is 484 g/mol. The van der Waals surface area contributed by atoms with Crippen LogP contribution in [0.25, 0.3) is 0 Å². The SMILES string of the molecule is O=C(CC[C@@H]1CN(Cc2ccc(Cl)cc2)CC[C@@H]1N1CCOCC1)N1CCN(Cc2ccccc2)CC1. The summed E-state index contributed by atoms with van der Waals surface area (Å²) in [5, 5.41) is 0.784. The van der Waals surface area contributed by atoms with E-state index in [9.17, 15) is 4.79 Å². The molecule has 0 bridgehead atoms. The molecule has 3 saturated heterocycles. The molecule has 0 spiro atoms. The second kappa shape index (κ2) is 13.2. The molecule has 37 heavy (non-hydrogen) atoms. The van der Waals surface area contributed by atoms with Gasteiger partial charge in [-0.25, -0.2) is 0 Å². The van der Waals surface area contributed by atoms with Crippen molar-refractivity contribution in [3.05, 3.63) is 70.7 Å². The zero-order valence-corrected chi connectivity index (χ0v) is 22.7. The summed E-state index contributed by atoms with van der Waals surface area (Å²) >= 11 is 6.09. The molecule has 6 nitrogen and oxygen atoms in total. The molecule has 2 aromatic carbocycles. The molecule has 2 aromatic rings. The number of halogens is 1. The van der Waals surface area contributed by atoms with E-state index in [1.54, 1.807) is 0 Å². The Morgan fingerprint density at radius 2 is 1.49 bits per heavy atom. The van der Waals surface area contributed by atoms with E-state index >= 15 is 0 Å². The van der Waals surface area contributed by atoms with Crippen molar-refractivity contribution in [3.63, 3.8) is 0 Å². The minimum absolute atomic E-state index is 0.329. The van der Waals surface area contributed by atoms with Crippen LogP contribution in [-0.4, -0.2) is 97.1 Å². The van der Waals surface area contributed by atoms with Crippen LogP contribution < -0.4 is 0 Å². The molecule has 200 valence electrons. The Labute approximate surface area is 227 Å². The average molecular weight is 525 g/mol. The lowest BCUT2D eigenvalue weighted by atomic mass is 9.86. The first-order valence-corrected chi connectivity index (χ1v) is 14.3. The smallest absolute Gasteiger partial charge is 0.222 e. The molecular formula is C30H41ClN4O2. The largest absolute Gasteiger partial charge is 0.379 e. The van der Waals surface area contributed by atoms with E-state index in [2.05, 4.69) is 62.1 Å². The van der Waals surface area contributed by atoms with Crippen molar-refractivity contribution in [3.8, 4) is 0 Å². The number of amides is 1. The number of piperidine rings is 1. The molecule has 0 N–H and O–H groups in total. The molecule has 0 unspecified atom stereocenters. The lowest BCUT2D eigenvalue weighted by Crippen LogP contribution is -2.54. The summed E-state index contributed by atoms with van der Waals surface area (Å²) in [6.45, 7) is 11.3. The fourth-order valence-electron chi connectivity index (χ4n) is 6.22. The first-order chi connectivity index (χ1) is 18.1. The third kappa shape index (κ3) is 7.55.